The third-order valence-electron chi connectivity index (χ3n) is 12.5. The number of anilines is 2. The van der Waals surface area contributed by atoms with Crippen molar-refractivity contribution in [1.82, 2.24) is 39.5 Å². The van der Waals surface area contributed by atoms with E-state index in [1.165, 1.54) is 16.2 Å². The number of carbonyl (C=O) groups is 6. The van der Waals surface area contributed by atoms with Gasteiger partial charge < -0.3 is 34.6 Å². The van der Waals surface area contributed by atoms with Gasteiger partial charge in [-0.25, -0.2) is 0 Å². The SMILES string of the molecule is CN(C)CCCNC(=O)CCNC(=O)c1cc(NC(=O)c2cc(CCC(=O)c3nc(NC(=O)CCNC(=O)CCCC[PH](Cc4ccccc4)(c4ccccc4)c4ccccc4)cn3C)cn2C)cn1C. The maximum atomic E-state index is 13.3. The quantitative estimate of drug-likeness (QED) is 0.0251. The molecule has 0 saturated heterocycles. The van der Waals surface area contributed by atoms with Crippen LogP contribution in [0.4, 0.5) is 11.5 Å². The summed E-state index contributed by atoms with van der Waals surface area (Å²) >= 11 is 0. The molecule has 0 aliphatic rings. The first-order valence-corrected chi connectivity index (χ1v) is 26.7. The molecule has 0 radical (unpaired) electrons. The number of Topliss-reactive ketones (excluding diaryl/α,β-unsaturated/α-hetero) is 1. The van der Waals surface area contributed by atoms with Crippen LogP contribution in [0.3, 0.4) is 0 Å². The molecule has 16 nitrogen and oxygen atoms in total. The van der Waals surface area contributed by atoms with Crippen LogP contribution in [0.5, 0.6) is 0 Å². The molecule has 71 heavy (non-hydrogen) atoms. The van der Waals surface area contributed by atoms with Gasteiger partial charge in [0, 0.05) is 59.5 Å². The predicted octanol–water partition coefficient (Wildman–Crippen LogP) is 5.57. The zero-order chi connectivity index (χ0) is 50.8. The number of imidazole rings is 1. The molecule has 3 aromatic heterocycles. The molecule has 0 saturated carbocycles. The molecular weight excluding hydrogens is 916 g/mol. The Labute approximate surface area is 417 Å². The monoisotopic (exact) mass is 985 g/mol. The molecule has 0 fully saturated rings. The Morgan fingerprint density at radius 2 is 1.15 bits per heavy atom. The number of ketones is 1. The van der Waals surface area contributed by atoms with Crippen LogP contribution in [0.2, 0.25) is 0 Å². The van der Waals surface area contributed by atoms with Crippen molar-refractivity contribution in [3.8, 4) is 0 Å². The molecule has 17 heteroatoms. The minimum atomic E-state index is -2.24. The number of nitrogens with one attached hydrogen (secondary N) is 5. The van der Waals surface area contributed by atoms with E-state index in [9.17, 15) is 28.8 Å². The Morgan fingerprint density at radius 3 is 1.83 bits per heavy atom. The van der Waals surface area contributed by atoms with Crippen molar-refractivity contribution in [1.29, 1.82) is 0 Å². The number of benzene rings is 3. The Kier molecular flexibility index (Phi) is 19.6. The van der Waals surface area contributed by atoms with Crippen molar-refractivity contribution in [3.05, 3.63) is 150 Å². The summed E-state index contributed by atoms with van der Waals surface area (Å²) < 4.78 is 4.84. The van der Waals surface area contributed by atoms with Crippen LogP contribution in [0.15, 0.2) is 122 Å². The van der Waals surface area contributed by atoms with E-state index in [1.807, 2.05) is 25.1 Å². The molecule has 6 rings (SSSR count). The van der Waals surface area contributed by atoms with Crippen LogP contribution >= 0.6 is 7.26 Å². The average Bonchev–Trinajstić information content (AvgIpc) is 4.05. The van der Waals surface area contributed by atoms with Crippen LogP contribution in [-0.2, 0) is 48.1 Å². The molecule has 0 unspecified atom stereocenters. The molecule has 6 aromatic rings. The number of hydrogen-bond donors (Lipinski definition) is 5. The van der Waals surface area contributed by atoms with Gasteiger partial charge in [0.1, 0.15) is 11.4 Å². The summed E-state index contributed by atoms with van der Waals surface area (Å²) in [5.74, 6) is -1.15. The normalized spacial score (nSPS) is 11.5. The summed E-state index contributed by atoms with van der Waals surface area (Å²) in [6.45, 7) is 1.78. The molecule has 0 atom stereocenters. The zero-order valence-electron chi connectivity index (χ0n) is 41.6. The Bertz CT molecular complexity index is 2690. The summed E-state index contributed by atoms with van der Waals surface area (Å²) in [5.41, 5.74) is 3.19. The fourth-order valence-corrected chi connectivity index (χ4v) is 13.8. The van der Waals surface area contributed by atoms with Gasteiger partial charge in [0.2, 0.25) is 5.91 Å². The number of amides is 5. The summed E-state index contributed by atoms with van der Waals surface area (Å²) in [4.78, 5) is 83.9. The van der Waals surface area contributed by atoms with Gasteiger partial charge >= 0.3 is 208 Å². The number of aromatic nitrogens is 4. The third-order valence-corrected chi connectivity index (χ3v) is 17.6. The second kappa shape index (κ2) is 26.2. The van der Waals surface area contributed by atoms with Crippen LogP contribution in [0.1, 0.15) is 87.7 Å². The molecular formula is C54H69N10O6P. The van der Waals surface area contributed by atoms with Gasteiger partial charge in [-0.3, -0.25) is 19.2 Å². The first kappa shape index (κ1) is 53.2. The fourth-order valence-electron chi connectivity index (χ4n) is 8.82. The Balaban J connectivity index is 0.912. The first-order chi connectivity index (χ1) is 34.2. The van der Waals surface area contributed by atoms with Gasteiger partial charge in [0.25, 0.3) is 11.8 Å². The smallest absolute Gasteiger partial charge is 0.346 e. The van der Waals surface area contributed by atoms with Crippen molar-refractivity contribution in [2.45, 2.75) is 57.5 Å². The Hall–Kier alpha value is -7.16. The molecule has 5 amide bonds. The Morgan fingerprint density at radius 1 is 0.563 bits per heavy atom. The van der Waals surface area contributed by atoms with Gasteiger partial charge in [-0.2, -0.15) is 0 Å². The second-order valence-electron chi connectivity index (χ2n) is 18.4. The number of carbonyl (C=O) groups excluding carboxylic acids is 6. The van der Waals surface area contributed by atoms with E-state index in [2.05, 4.69) is 116 Å². The third kappa shape index (κ3) is 15.7. The van der Waals surface area contributed by atoms with E-state index in [0.717, 1.165) is 43.7 Å². The van der Waals surface area contributed by atoms with E-state index in [0.29, 0.717) is 36.5 Å². The standard InChI is InChI=1S/C54H69N10O6P/c1-61(2)32-17-29-55-50(67)27-31-57-53(69)46-35-42(37-63(46)4)58-54(70)45-34-41(36-62(45)3)25-26-47(65)52-60-48(38-64(52)5)59-51(68)28-30-56-49(66)24-15-16-33-71(43-20-11-7-12-21-43,44-22-13-8-14-23-44)39-40-18-9-6-10-19-40/h6-14,18-23,34-38,71H,15-17,24-33,39H2,1-5H3,(H,55,67)(H,56,66)(H,57,69)(H,58,70)(H,59,68). The maximum absolute atomic E-state index is 13.3. The van der Waals surface area contributed by atoms with E-state index in [4.69, 9.17) is 0 Å². The van der Waals surface area contributed by atoms with Crippen LogP contribution < -0.4 is 37.2 Å². The minimum Gasteiger partial charge on any atom is -0.346 e. The van der Waals surface area contributed by atoms with Crippen molar-refractivity contribution >= 4 is 64.7 Å². The van der Waals surface area contributed by atoms with E-state index < -0.39 is 13.2 Å². The van der Waals surface area contributed by atoms with Crippen LogP contribution in [-0.4, -0.2) is 105 Å². The van der Waals surface area contributed by atoms with E-state index >= 15 is 0 Å². The summed E-state index contributed by atoms with van der Waals surface area (Å²) in [5, 5.41) is 16.9. The topological polar surface area (TPSA) is 193 Å². The average molecular weight is 985 g/mol. The molecule has 0 aliphatic carbocycles. The molecule has 376 valence electrons. The number of hydrogen-bond acceptors (Lipinski definition) is 8. The summed E-state index contributed by atoms with van der Waals surface area (Å²) in [6, 6.07) is 35.6. The summed E-state index contributed by atoms with van der Waals surface area (Å²) in [7, 11) is 6.82. The summed E-state index contributed by atoms with van der Waals surface area (Å²) in [6.07, 6.45) is 10.4. The van der Waals surface area contributed by atoms with Crippen molar-refractivity contribution in [3.63, 3.8) is 0 Å². The molecule has 0 bridgehead atoms. The van der Waals surface area contributed by atoms with Gasteiger partial charge in [0.05, 0.1) is 5.69 Å². The molecule has 3 aromatic carbocycles. The molecule has 0 spiro atoms. The van der Waals surface area contributed by atoms with E-state index in [1.54, 1.807) is 65.6 Å². The van der Waals surface area contributed by atoms with Gasteiger partial charge in [-0.1, -0.05) is 0 Å². The number of rotatable bonds is 27. The number of unbranched alkanes of at least 4 members (excludes halogenated alkanes) is 1. The predicted molar refractivity (Wildman–Crippen MR) is 283 cm³/mol. The van der Waals surface area contributed by atoms with Gasteiger partial charge in [-0.15, -0.1) is 0 Å². The van der Waals surface area contributed by atoms with Crippen LogP contribution in [0.25, 0.3) is 0 Å². The number of nitrogens with zero attached hydrogens (tertiary/aromatic N) is 5. The fraction of sp³-hybridized carbons (Fsp3) is 0.352. The van der Waals surface area contributed by atoms with Crippen molar-refractivity contribution in [2.75, 3.05) is 57.1 Å². The molecule has 5 N–H and O–H groups in total. The van der Waals surface area contributed by atoms with Crippen molar-refractivity contribution < 1.29 is 28.8 Å². The van der Waals surface area contributed by atoms with Crippen LogP contribution in [0, 0.1) is 0 Å². The van der Waals surface area contributed by atoms with E-state index in [-0.39, 0.29) is 73.4 Å². The van der Waals surface area contributed by atoms with Crippen molar-refractivity contribution in [2.24, 2.45) is 21.1 Å². The minimum absolute atomic E-state index is 0.0463. The molecule has 0 aliphatic heterocycles. The zero-order valence-corrected chi connectivity index (χ0v) is 42.6. The molecule has 3 heterocycles. The van der Waals surface area contributed by atoms with Gasteiger partial charge in [0.15, 0.2) is 11.6 Å². The first-order valence-electron chi connectivity index (χ1n) is 24.3. The second-order valence-corrected chi connectivity index (χ2v) is 22.5. The van der Waals surface area contributed by atoms with Gasteiger partial charge in [-0.05, 0) is 51.2 Å². The number of aryl methyl sites for hydroxylation is 4.